The molecule has 40 heavy (non-hydrogen) atoms. The predicted octanol–water partition coefficient (Wildman–Crippen LogP) is 4.72. The molecular formula is C28H20BrN3O6S2. The summed E-state index contributed by atoms with van der Waals surface area (Å²) in [6, 6.07) is 20.1. The number of rotatable bonds is 6. The number of halogens is 1. The smallest absolute Gasteiger partial charge is 0.305 e. The molecule has 6 rings (SSSR count). The molecule has 3 amide bonds. The number of nitrogens with one attached hydrogen (secondary N) is 2. The quantitative estimate of drug-likeness (QED) is 0.206. The van der Waals surface area contributed by atoms with Crippen molar-refractivity contribution < 1.29 is 24.2 Å². The molecule has 3 N–H and O–H groups in total. The fraction of sp³-hybridized carbons (Fsp3) is 0.143. The van der Waals surface area contributed by atoms with Gasteiger partial charge in [-0.15, -0.1) is 0 Å². The Morgan fingerprint density at radius 2 is 1.68 bits per heavy atom. The van der Waals surface area contributed by atoms with Crippen LogP contribution in [-0.2, 0) is 14.4 Å². The van der Waals surface area contributed by atoms with Gasteiger partial charge < -0.3 is 20.1 Å². The average molecular weight is 639 g/mol. The number of phenols is 1. The van der Waals surface area contributed by atoms with Crippen molar-refractivity contribution in [2.24, 2.45) is 5.92 Å². The maximum atomic E-state index is 13.8. The highest BCUT2D eigenvalue weighted by atomic mass is 79.9. The minimum atomic E-state index is -0.692. The third-order valence-corrected chi connectivity index (χ3v) is 9.60. The lowest BCUT2D eigenvalue weighted by Gasteiger charge is -2.29. The summed E-state index contributed by atoms with van der Waals surface area (Å²) < 4.78 is 6.47. The van der Waals surface area contributed by atoms with Crippen LogP contribution in [0.15, 0.2) is 87.1 Å². The SMILES string of the molecule is O=C(COc1ccc(C2c3sc(=O)[nH]c3SC3C(=O)N(c4ccc(Br)cc4)C(=O)C32)cc1)Nc1ccc(O)cc1. The van der Waals surface area contributed by atoms with Crippen LogP contribution in [0, 0.1) is 5.92 Å². The second kappa shape index (κ2) is 10.6. The van der Waals surface area contributed by atoms with E-state index in [4.69, 9.17) is 4.74 Å². The largest absolute Gasteiger partial charge is 0.508 e. The molecule has 0 bridgehead atoms. The molecule has 1 saturated heterocycles. The van der Waals surface area contributed by atoms with Crippen LogP contribution in [0.25, 0.3) is 0 Å². The number of hydrogen-bond donors (Lipinski definition) is 3. The Kier molecular flexibility index (Phi) is 6.99. The van der Waals surface area contributed by atoms with Crippen LogP contribution in [0.3, 0.4) is 0 Å². The van der Waals surface area contributed by atoms with Gasteiger partial charge in [-0.2, -0.15) is 0 Å². The Hall–Kier alpha value is -3.87. The lowest BCUT2D eigenvalue weighted by Crippen LogP contribution is -2.32. The number of anilines is 2. The van der Waals surface area contributed by atoms with Crippen molar-refractivity contribution in [3.63, 3.8) is 0 Å². The van der Waals surface area contributed by atoms with E-state index in [1.807, 2.05) is 0 Å². The number of carbonyl (C=O) groups excluding carboxylic acids is 3. The minimum Gasteiger partial charge on any atom is -0.508 e. The van der Waals surface area contributed by atoms with E-state index < -0.39 is 17.1 Å². The molecule has 3 unspecified atom stereocenters. The number of ether oxygens (including phenoxy) is 1. The Bertz CT molecular complexity index is 1670. The number of phenolic OH excluding ortho intramolecular Hbond substituents is 1. The summed E-state index contributed by atoms with van der Waals surface area (Å²) in [5.41, 5.74) is 1.78. The summed E-state index contributed by atoms with van der Waals surface area (Å²) in [5.74, 6) is -1.65. The van der Waals surface area contributed by atoms with Crippen LogP contribution in [-0.4, -0.2) is 39.7 Å². The number of benzene rings is 3. The van der Waals surface area contributed by atoms with E-state index in [1.54, 1.807) is 60.7 Å². The first-order valence-electron chi connectivity index (χ1n) is 12.1. The van der Waals surface area contributed by atoms with Crippen molar-refractivity contribution in [3.05, 3.63) is 97.4 Å². The summed E-state index contributed by atoms with van der Waals surface area (Å²) in [6.07, 6.45) is 0. The van der Waals surface area contributed by atoms with Gasteiger partial charge >= 0.3 is 4.87 Å². The monoisotopic (exact) mass is 637 g/mol. The molecule has 12 heteroatoms. The molecule has 1 fully saturated rings. The van der Waals surface area contributed by atoms with Crippen LogP contribution in [0.1, 0.15) is 16.4 Å². The molecule has 3 atom stereocenters. The van der Waals surface area contributed by atoms with Crippen LogP contribution in [0.5, 0.6) is 11.5 Å². The van der Waals surface area contributed by atoms with Crippen LogP contribution >= 0.6 is 39.0 Å². The number of H-pyrrole nitrogens is 1. The van der Waals surface area contributed by atoms with Gasteiger partial charge in [0.05, 0.1) is 16.6 Å². The zero-order chi connectivity index (χ0) is 28.0. The maximum Gasteiger partial charge on any atom is 0.305 e. The second-order valence-corrected chi connectivity index (χ2v) is 12.3. The van der Waals surface area contributed by atoms with Crippen molar-refractivity contribution in [3.8, 4) is 11.5 Å². The van der Waals surface area contributed by atoms with Crippen LogP contribution in [0.4, 0.5) is 11.4 Å². The van der Waals surface area contributed by atoms with E-state index in [0.29, 0.717) is 22.2 Å². The van der Waals surface area contributed by atoms with Gasteiger partial charge in [0.15, 0.2) is 6.61 Å². The number of nitrogens with zero attached hydrogens (tertiary/aromatic N) is 1. The summed E-state index contributed by atoms with van der Waals surface area (Å²) in [5, 5.41) is 12.0. The first-order valence-corrected chi connectivity index (χ1v) is 14.6. The van der Waals surface area contributed by atoms with Crippen molar-refractivity contribution in [2.75, 3.05) is 16.8 Å². The van der Waals surface area contributed by atoms with E-state index in [1.165, 1.54) is 28.8 Å². The fourth-order valence-corrected chi connectivity index (χ4v) is 7.66. The standard InChI is InChI=1S/C28H20BrN3O6S2/c29-15-3-7-17(8-4-15)32-26(35)22-21(23-25(31-28(37)40-23)39-24(22)27(32)36)14-1-11-19(12-2-14)38-13-20(34)30-16-5-9-18(33)10-6-16/h1-12,21-22,24,33H,13H2,(H,30,34)(H,31,37). The number of thiazole rings is 1. The zero-order valence-electron chi connectivity index (χ0n) is 20.5. The van der Waals surface area contributed by atoms with Crippen LogP contribution in [0.2, 0.25) is 0 Å². The average Bonchev–Trinajstić information content (AvgIpc) is 3.44. The van der Waals surface area contributed by atoms with E-state index >= 15 is 0 Å². The number of fused-ring (bicyclic) bond motifs is 2. The Labute approximate surface area is 244 Å². The number of aromatic hydroxyl groups is 1. The summed E-state index contributed by atoms with van der Waals surface area (Å²) in [4.78, 5) is 56.3. The molecule has 3 heterocycles. The molecule has 4 aromatic rings. The molecule has 0 radical (unpaired) electrons. The second-order valence-electron chi connectivity index (χ2n) is 9.19. The number of thioether (sulfide) groups is 1. The minimum absolute atomic E-state index is 0.0981. The summed E-state index contributed by atoms with van der Waals surface area (Å²) in [6.45, 7) is -0.232. The molecule has 1 aromatic heterocycles. The van der Waals surface area contributed by atoms with Gasteiger partial charge in [0.1, 0.15) is 16.7 Å². The molecule has 2 aliphatic rings. The molecule has 3 aromatic carbocycles. The van der Waals surface area contributed by atoms with E-state index in [2.05, 4.69) is 26.2 Å². The summed E-state index contributed by atoms with van der Waals surface area (Å²) >= 11 is 5.65. The number of aromatic amines is 1. The van der Waals surface area contributed by atoms with E-state index in [0.717, 1.165) is 26.3 Å². The number of hydrogen-bond acceptors (Lipinski definition) is 8. The van der Waals surface area contributed by atoms with Crippen molar-refractivity contribution in [1.29, 1.82) is 0 Å². The third kappa shape index (κ3) is 4.93. The van der Waals surface area contributed by atoms with Gasteiger partial charge in [-0.3, -0.25) is 19.2 Å². The highest BCUT2D eigenvalue weighted by molar-refractivity contribution is 9.10. The molecule has 0 saturated carbocycles. The van der Waals surface area contributed by atoms with Gasteiger partial charge in [0.2, 0.25) is 11.8 Å². The van der Waals surface area contributed by atoms with Crippen molar-refractivity contribution >= 4 is 68.1 Å². The molecular weight excluding hydrogens is 618 g/mol. The molecule has 202 valence electrons. The fourth-order valence-electron chi connectivity index (χ4n) is 4.88. The van der Waals surface area contributed by atoms with Gasteiger partial charge in [0.25, 0.3) is 5.91 Å². The number of imide groups is 1. The number of aromatic nitrogens is 1. The predicted molar refractivity (Wildman–Crippen MR) is 155 cm³/mol. The number of carbonyl (C=O) groups is 3. The van der Waals surface area contributed by atoms with Gasteiger partial charge in [-0.1, -0.05) is 51.2 Å². The van der Waals surface area contributed by atoms with E-state index in [9.17, 15) is 24.3 Å². The Balaban J connectivity index is 1.24. The van der Waals surface area contributed by atoms with Gasteiger partial charge in [0, 0.05) is 21.0 Å². The molecule has 9 nitrogen and oxygen atoms in total. The third-order valence-electron chi connectivity index (χ3n) is 6.67. The highest BCUT2D eigenvalue weighted by Crippen LogP contribution is 2.53. The normalized spacial score (nSPS) is 19.7. The maximum absolute atomic E-state index is 13.8. The molecule has 0 spiro atoms. The van der Waals surface area contributed by atoms with Crippen LogP contribution < -0.4 is 19.8 Å². The van der Waals surface area contributed by atoms with Crippen molar-refractivity contribution in [1.82, 2.24) is 4.98 Å². The van der Waals surface area contributed by atoms with E-state index in [-0.39, 0.29) is 35.0 Å². The first kappa shape index (κ1) is 26.4. The molecule has 0 aliphatic carbocycles. The summed E-state index contributed by atoms with van der Waals surface area (Å²) in [7, 11) is 0. The highest BCUT2D eigenvalue weighted by Gasteiger charge is 2.56. The topological polar surface area (TPSA) is 129 Å². The number of amides is 3. The molecule has 2 aliphatic heterocycles. The van der Waals surface area contributed by atoms with Gasteiger partial charge in [-0.25, -0.2) is 4.90 Å². The Morgan fingerprint density at radius 1 is 0.975 bits per heavy atom. The first-order chi connectivity index (χ1) is 19.3. The zero-order valence-corrected chi connectivity index (χ0v) is 23.7. The van der Waals surface area contributed by atoms with Crippen molar-refractivity contribution in [2.45, 2.75) is 16.2 Å². The lowest BCUT2D eigenvalue weighted by molar-refractivity contribution is -0.122. The Morgan fingerprint density at radius 3 is 2.38 bits per heavy atom. The van der Waals surface area contributed by atoms with Gasteiger partial charge in [-0.05, 0) is 66.2 Å². The lowest BCUT2D eigenvalue weighted by atomic mass is 9.83.